The lowest BCUT2D eigenvalue weighted by atomic mass is 10.1. The Bertz CT molecular complexity index is 878. The van der Waals surface area contributed by atoms with Gasteiger partial charge in [0.25, 0.3) is 0 Å². The standard InChI is InChI=1S/C18H14O4/c1-12(19)11-21-14-7-8-15-16(20)10-17(22-18(15)9-14)13-5-3-2-4-6-13/h2-10H,11H2,1H3. The van der Waals surface area contributed by atoms with Gasteiger partial charge in [-0.3, -0.25) is 9.59 Å². The lowest BCUT2D eigenvalue weighted by Gasteiger charge is -2.06. The summed E-state index contributed by atoms with van der Waals surface area (Å²) in [5.41, 5.74) is 1.15. The van der Waals surface area contributed by atoms with Crippen LogP contribution < -0.4 is 10.2 Å². The van der Waals surface area contributed by atoms with Crippen LogP contribution in [0.25, 0.3) is 22.3 Å². The molecule has 0 spiro atoms. The highest BCUT2D eigenvalue weighted by Gasteiger charge is 2.08. The molecule has 0 saturated carbocycles. The average Bonchev–Trinajstić information content (AvgIpc) is 2.53. The molecule has 0 radical (unpaired) electrons. The number of carbonyl (C=O) groups excluding carboxylic acids is 1. The van der Waals surface area contributed by atoms with E-state index in [1.165, 1.54) is 13.0 Å². The number of ether oxygens (including phenoxy) is 1. The van der Waals surface area contributed by atoms with Crippen LogP contribution in [0.3, 0.4) is 0 Å². The predicted molar refractivity (Wildman–Crippen MR) is 84.1 cm³/mol. The second-order valence-electron chi connectivity index (χ2n) is 4.99. The number of Topliss-reactive ketones (excluding diaryl/α,β-unsaturated/α-hetero) is 1. The number of benzene rings is 2. The summed E-state index contributed by atoms with van der Waals surface area (Å²) in [6.45, 7) is 1.45. The van der Waals surface area contributed by atoms with Crippen LogP contribution in [0.2, 0.25) is 0 Å². The molecular formula is C18H14O4. The van der Waals surface area contributed by atoms with Crippen LogP contribution in [0.4, 0.5) is 0 Å². The maximum atomic E-state index is 12.2. The van der Waals surface area contributed by atoms with Crippen LogP contribution in [0.1, 0.15) is 6.92 Å². The first kappa shape index (κ1) is 14.1. The van der Waals surface area contributed by atoms with Crippen molar-refractivity contribution >= 4 is 16.8 Å². The first-order valence-corrected chi connectivity index (χ1v) is 6.89. The zero-order valence-electron chi connectivity index (χ0n) is 12.0. The summed E-state index contributed by atoms with van der Waals surface area (Å²) < 4.78 is 11.2. The number of fused-ring (bicyclic) bond motifs is 1. The molecule has 4 heteroatoms. The van der Waals surface area contributed by atoms with E-state index in [1.807, 2.05) is 30.3 Å². The molecule has 0 aliphatic rings. The van der Waals surface area contributed by atoms with Crippen molar-refractivity contribution in [1.29, 1.82) is 0 Å². The number of hydrogen-bond donors (Lipinski definition) is 0. The van der Waals surface area contributed by atoms with Gasteiger partial charge in [0.2, 0.25) is 0 Å². The van der Waals surface area contributed by atoms with E-state index in [0.717, 1.165) is 5.56 Å². The zero-order valence-corrected chi connectivity index (χ0v) is 12.0. The Balaban J connectivity index is 2.07. The fourth-order valence-corrected chi connectivity index (χ4v) is 2.15. The van der Waals surface area contributed by atoms with Gasteiger partial charge < -0.3 is 9.15 Å². The molecule has 4 nitrogen and oxygen atoms in total. The molecule has 0 amide bonds. The Morgan fingerprint density at radius 1 is 1.09 bits per heavy atom. The molecule has 2 aromatic carbocycles. The number of ketones is 1. The van der Waals surface area contributed by atoms with E-state index in [2.05, 4.69) is 0 Å². The third-order valence-corrected chi connectivity index (χ3v) is 3.20. The van der Waals surface area contributed by atoms with E-state index in [-0.39, 0.29) is 17.8 Å². The SMILES string of the molecule is CC(=O)COc1ccc2c(=O)cc(-c3ccccc3)oc2c1. The monoisotopic (exact) mass is 294 g/mol. The summed E-state index contributed by atoms with van der Waals surface area (Å²) >= 11 is 0. The summed E-state index contributed by atoms with van der Waals surface area (Å²) in [5.74, 6) is 0.928. The van der Waals surface area contributed by atoms with Crippen molar-refractivity contribution < 1.29 is 13.9 Å². The van der Waals surface area contributed by atoms with Crippen LogP contribution in [0.5, 0.6) is 5.75 Å². The normalized spacial score (nSPS) is 10.6. The number of carbonyl (C=O) groups is 1. The van der Waals surface area contributed by atoms with Crippen molar-refractivity contribution in [2.45, 2.75) is 6.92 Å². The van der Waals surface area contributed by atoms with Gasteiger partial charge in [-0.25, -0.2) is 0 Å². The summed E-state index contributed by atoms with van der Waals surface area (Å²) in [7, 11) is 0. The minimum atomic E-state index is -0.113. The quantitative estimate of drug-likeness (QED) is 0.739. The van der Waals surface area contributed by atoms with Gasteiger partial charge in [-0.1, -0.05) is 30.3 Å². The van der Waals surface area contributed by atoms with E-state index in [0.29, 0.717) is 22.5 Å². The minimum absolute atomic E-state index is 0.00584. The Kier molecular flexibility index (Phi) is 3.74. The molecule has 0 saturated heterocycles. The topological polar surface area (TPSA) is 56.5 Å². The smallest absolute Gasteiger partial charge is 0.193 e. The Morgan fingerprint density at radius 3 is 2.59 bits per heavy atom. The molecule has 1 aromatic heterocycles. The Labute approximate surface area is 127 Å². The Morgan fingerprint density at radius 2 is 1.86 bits per heavy atom. The molecule has 3 rings (SSSR count). The molecule has 110 valence electrons. The molecule has 0 N–H and O–H groups in total. The molecular weight excluding hydrogens is 280 g/mol. The lowest BCUT2D eigenvalue weighted by Crippen LogP contribution is -2.07. The second-order valence-corrected chi connectivity index (χ2v) is 4.99. The van der Waals surface area contributed by atoms with E-state index in [9.17, 15) is 9.59 Å². The van der Waals surface area contributed by atoms with Crippen molar-refractivity contribution in [3.05, 3.63) is 64.8 Å². The largest absolute Gasteiger partial charge is 0.486 e. The summed E-state index contributed by atoms with van der Waals surface area (Å²) in [5, 5.41) is 0.481. The molecule has 0 unspecified atom stereocenters. The maximum Gasteiger partial charge on any atom is 0.193 e. The van der Waals surface area contributed by atoms with Crippen molar-refractivity contribution in [3.63, 3.8) is 0 Å². The zero-order chi connectivity index (χ0) is 15.5. The molecule has 1 heterocycles. The predicted octanol–water partition coefficient (Wildman–Crippen LogP) is 3.43. The molecule has 0 fully saturated rings. The van der Waals surface area contributed by atoms with Gasteiger partial charge in [0.15, 0.2) is 11.2 Å². The molecule has 0 aliphatic heterocycles. The fraction of sp³-hybridized carbons (Fsp3) is 0.111. The van der Waals surface area contributed by atoms with Crippen LogP contribution in [0, 0.1) is 0 Å². The van der Waals surface area contributed by atoms with Gasteiger partial charge in [0.05, 0.1) is 5.39 Å². The van der Waals surface area contributed by atoms with Gasteiger partial charge in [-0.05, 0) is 19.1 Å². The van der Waals surface area contributed by atoms with Crippen molar-refractivity contribution in [1.82, 2.24) is 0 Å². The maximum absolute atomic E-state index is 12.2. The molecule has 22 heavy (non-hydrogen) atoms. The summed E-state index contributed by atoms with van der Waals surface area (Å²) in [6, 6.07) is 15.8. The van der Waals surface area contributed by atoms with Gasteiger partial charge >= 0.3 is 0 Å². The third-order valence-electron chi connectivity index (χ3n) is 3.20. The van der Waals surface area contributed by atoms with Crippen molar-refractivity contribution in [2.24, 2.45) is 0 Å². The number of rotatable bonds is 4. The summed E-state index contributed by atoms with van der Waals surface area (Å²) in [6.07, 6.45) is 0. The lowest BCUT2D eigenvalue weighted by molar-refractivity contribution is -0.118. The van der Waals surface area contributed by atoms with E-state index in [4.69, 9.17) is 9.15 Å². The molecule has 3 aromatic rings. The van der Waals surface area contributed by atoms with Crippen LogP contribution in [-0.2, 0) is 4.79 Å². The van der Waals surface area contributed by atoms with Gasteiger partial charge in [0, 0.05) is 17.7 Å². The van der Waals surface area contributed by atoms with E-state index in [1.54, 1.807) is 18.2 Å². The highest BCUT2D eigenvalue weighted by molar-refractivity contribution is 5.80. The minimum Gasteiger partial charge on any atom is -0.486 e. The van der Waals surface area contributed by atoms with Crippen molar-refractivity contribution in [2.75, 3.05) is 6.61 Å². The third kappa shape index (κ3) is 2.91. The number of hydrogen-bond acceptors (Lipinski definition) is 4. The van der Waals surface area contributed by atoms with Gasteiger partial charge in [-0.15, -0.1) is 0 Å². The highest BCUT2D eigenvalue weighted by Crippen LogP contribution is 2.24. The van der Waals surface area contributed by atoms with Crippen molar-refractivity contribution in [3.8, 4) is 17.1 Å². The van der Waals surface area contributed by atoms with Gasteiger partial charge in [-0.2, -0.15) is 0 Å². The fourth-order valence-electron chi connectivity index (χ4n) is 2.15. The average molecular weight is 294 g/mol. The van der Waals surface area contributed by atoms with Crippen LogP contribution in [0.15, 0.2) is 63.8 Å². The van der Waals surface area contributed by atoms with Crippen LogP contribution in [-0.4, -0.2) is 12.4 Å². The van der Waals surface area contributed by atoms with Gasteiger partial charge in [0.1, 0.15) is 23.7 Å². The van der Waals surface area contributed by atoms with E-state index >= 15 is 0 Å². The first-order valence-electron chi connectivity index (χ1n) is 6.89. The summed E-state index contributed by atoms with van der Waals surface area (Å²) in [4.78, 5) is 23.2. The first-order chi connectivity index (χ1) is 10.6. The molecule has 0 bridgehead atoms. The second kappa shape index (κ2) is 5.85. The Hall–Kier alpha value is -2.88. The van der Waals surface area contributed by atoms with E-state index < -0.39 is 0 Å². The molecule has 0 atom stereocenters. The van der Waals surface area contributed by atoms with Crippen LogP contribution >= 0.6 is 0 Å². The molecule has 0 aliphatic carbocycles. The highest BCUT2D eigenvalue weighted by atomic mass is 16.5.